The lowest BCUT2D eigenvalue weighted by atomic mass is 9.99. The van der Waals surface area contributed by atoms with Gasteiger partial charge in [-0.15, -0.1) is 0 Å². The van der Waals surface area contributed by atoms with Gasteiger partial charge in [0.1, 0.15) is 5.82 Å². The Morgan fingerprint density at radius 1 is 1.06 bits per heavy atom. The van der Waals surface area contributed by atoms with Crippen molar-refractivity contribution < 1.29 is 4.39 Å². The maximum absolute atomic E-state index is 13.3. The molecule has 2 aromatic rings. The third-order valence-electron chi connectivity index (χ3n) is 2.90. The van der Waals surface area contributed by atoms with Crippen molar-refractivity contribution >= 4 is 0 Å². The molecule has 0 heterocycles. The fourth-order valence-corrected chi connectivity index (χ4v) is 2.01. The molecule has 0 amide bonds. The first-order chi connectivity index (χ1) is 8.81. The molecule has 0 radical (unpaired) electrons. The number of rotatable bonds is 5. The molecular formula is C16H18FN. The van der Waals surface area contributed by atoms with Crippen LogP contribution in [0.25, 0.3) is 11.1 Å². The van der Waals surface area contributed by atoms with E-state index < -0.39 is 0 Å². The normalized spacial score (nSPS) is 10.6. The highest BCUT2D eigenvalue weighted by Crippen LogP contribution is 2.24. The molecule has 2 rings (SSSR count). The van der Waals surface area contributed by atoms with Crippen LogP contribution in [-0.4, -0.2) is 6.54 Å². The minimum absolute atomic E-state index is 0.191. The van der Waals surface area contributed by atoms with Crippen molar-refractivity contribution in [2.45, 2.75) is 19.9 Å². The van der Waals surface area contributed by atoms with Gasteiger partial charge in [-0.2, -0.15) is 0 Å². The van der Waals surface area contributed by atoms with Crippen LogP contribution in [-0.2, 0) is 6.54 Å². The molecule has 18 heavy (non-hydrogen) atoms. The molecule has 2 aromatic carbocycles. The van der Waals surface area contributed by atoms with Gasteiger partial charge in [0, 0.05) is 6.54 Å². The number of nitrogens with one attached hydrogen (secondary N) is 1. The summed E-state index contributed by atoms with van der Waals surface area (Å²) < 4.78 is 13.3. The molecule has 0 saturated heterocycles. The first-order valence-electron chi connectivity index (χ1n) is 6.36. The van der Waals surface area contributed by atoms with E-state index in [-0.39, 0.29) is 5.82 Å². The average molecular weight is 243 g/mol. The zero-order chi connectivity index (χ0) is 12.8. The summed E-state index contributed by atoms with van der Waals surface area (Å²) in [6, 6.07) is 14.9. The van der Waals surface area contributed by atoms with E-state index in [4.69, 9.17) is 0 Å². The van der Waals surface area contributed by atoms with E-state index in [2.05, 4.69) is 18.3 Å². The third kappa shape index (κ3) is 3.17. The van der Waals surface area contributed by atoms with E-state index in [1.807, 2.05) is 24.3 Å². The molecule has 0 atom stereocenters. The first kappa shape index (κ1) is 12.8. The highest BCUT2D eigenvalue weighted by molar-refractivity contribution is 5.67. The molecule has 2 heteroatoms. The Morgan fingerprint density at radius 2 is 1.89 bits per heavy atom. The molecule has 0 saturated carbocycles. The van der Waals surface area contributed by atoms with Crippen LogP contribution in [0, 0.1) is 5.82 Å². The summed E-state index contributed by atoms with van der Waals surface area (Å²) in [6.07, 6.45) is 1.11. The molecule has 0 aliphatic rings. The highest BCUT2D eigenvalue weighted by atomic mass is 19.1. The summed E-state index contributed by atoms with van der Waals surface area (Å²) in [5.74, 6) is -0.191. The molecule has 0 aliphatic carbocycles. The van der Waals surface area contributed by atoms with Crippen LogP contribution in [0.5, 0.6) is 0 Å². The lowest BCUT2D eigenvalue weighted by Crippen LogP contribution is -2.14. The molecule has 0 bridgehead atoms. The predicted octanol–water partition coefficient (Wildman–Crippen LogP) is 3.99. The van der Waals surface area contributed by atoms with Gasteiger partial charge >= 0.3 is 0 Å². The maximum Gasteiger partial charge on any atom is 0.123 e. The summed E-state index contributed by atoms with van der Waals surface area (Å²) in [4.78, 5) is 0. The SMILES string of the molecule is CCCNCc1ccccc1-c1cccc(F)c1. The fraction of sp³-hybridized carbons (Fsp3) is 0.250. The van der Waals surface area contributed by atoms with Crippen molar-refractivity contribution in [2.75, 3.05) is 6.54 Å². The van der Waals surface area contributed by atoms with E-state index >= 15 is 0 Å². The summed E-state index contributed by atoms with van der Waals surface area (Å²) >= 11 is 0. The monoisotopic (exact) mass is 243 g/mol. The van der Waals surface area contributed by atoms with Crippen LogP contribution in [0.3, 0.4) is 0 Å². The molecule has 94 valence electrons. The molecule has 1 N–H and O–H groups in total. The number of hydrogen-bond donors (Lipinski definition) is 1. The molecular weight excluding hydrogens is 225 g/mol. The molecule has 0 unspecified atom stereocenters. The Kier molecular flexibility index (Phi) is 4.48. The minimum Gasteiger partial charge on any atom is -0.313 e. The van der Waals surface area contributed by atoms with E-state index in [0.717, 1.165) is 30.6 Å². The molecule has 0 aromatic heterocycles. The van der Waals surface area contributed by atoms with Crippen molar-refractivity contribution in [3.8, 4) is 11.1 Å². The number of halogens is 1. The van der Waals surface area contributed by atoms with Gasteiger partial charge in [-0.25, -0.2) is 4.39 Å². The van der Waals surface area contributed by atoms with Crippen molar-refractivity contribution in [1.82, 2.24) is 5.32 Å². The number of benzene rings is 2. The molecule has 1 nitrogen and oxygen atoms in total. The Labute approximate surface area is 108 Å². The first-order valence-corrected chi connectivity index (χ1v) is 6.36. The predicted molar refractivity (Wildman–Crippen MR) is 73.8 cm³/mol. The average Bonchev–Trinajstić information content (AvgIpc) is 2.40. The molecule has 0 fully saturated rings. The van der Waals surface area contributed by atoms with Gasteiger partial charge in [0.05, 0.1) is 0 Å². The minimum atomic E-state index is -0.191. The smallest absolute Gasteiger partial charge is 0.123 e. The topological polar surface area (TPSA) is 12.0 Å². The van der Waals surface area contributed by atoms with E-state index in [1.54, 1.807) is 12.1 Å². The quantitative estimate of drug-likeness (QED) is 0.783. The largest absolute Gasteiger partial charge is 0.313 e. The second kappa shape index (κ2) is 6.31. The standard InChI is InChI=1S/C16H18FN/c1-2-10-18-12-14-6-3-4-9-16(14)13-7-5-8-15(17)11-13/h3-9,11,18H,2,10,12H2,1H3. The van der Waals surface area contributed by atoms with Crippen LogP contribution >= 0.6 is 0 Å². The van der Waals surface area contributed by atoms with Gasteiger partial charge in [-0.05, 0) is 41.8 Å². The van der Waals surface area contributed by atoms with Crippen LogP contribution in [0.15, 0.2) is 48.5 Å². The van der Waals surface area contributed by atoms with Crippen molar-refractivity contribution in [3.63, 3.8) is 0 Å². The highest BCUT2D eigenvalue weighted by Gasteiger charge is 2.04. The summed E-state index contributed by atoms with van der Waals surface area (Å²) in [5.41, 5.74) is 3.24. The summed E-state index contributed by atoms with van der Waals surface area (Å²) in [6.45, 7) is 3.96. The molecule has 0 spiro atoms. The Bertz CT molecular complexity index is 508. The lowest BCUT2D eigenvalue weighted by molar-refractivity contribution is 0.628. The molecule has 0 aliphatic heterocycles. The van der Waals surface area contributed by atoms with Crippen molar-refractivity contribution in [2.24, 2.45) is 0 Å². The second-order valence-corrected chi connectivity index (χ2v) is 4.34. The van der Waals surface area contributed by atoms with Crippen LogP contribution in [0.4, 0.5) is 4.39 Å². The van der Waals surface area contributed by atoms with E-state index in [1.165, 1.54) is 11.6 Å². The van der Waals surface area contributed by atoms with Gasteiger partial charge in [-0.1, -0.05) is 43.3 Å². The Balaban J connectivity index is 2.27. The van der Waals surface area contributed by atoms with Crippen molar-refractivity contribution in [1.29, 1.82) is 0 Å². The third-order valence-corrected chi connectivity index (χ3v) is 2.90. The summed E-state index contributed by atoms with van der Waals surface area (Å²) in [5, 5.41) is 3.38. The fourth-order valence-electron chi connectivity index (χ4n) is 2.01. The van der Waals surface area contributed by atoms with Crippen LogP contribution < -0.4 is 5.32 Å². The van der Waals surface area contributed by atoms with Crippen LogP contribution in [0.1, 0.15) is 18.9 Å². The lowest BCUT2D eigenvalue weighted by Gasteiger charge is -2.10. The van der Waals surface area contributed by atoms with Gasteiger partial charge in [-0.3, -0.25) is 0 Å². The Hall–Kier alpha value is -1.67. The second-order valence-electron chi connectivity index (χ2n) is 4.34. The van der Waals surface area contributed by atoms with Gasteiger partial charge in [0.25, 0.3) is 0 Å². The zero-order valence-corrected chi connectivity index (χ0v) is 10.6. The van der Waals surface area contributed by atoms with Crippen LogP contribution in [0.2, 0.25) is 0 Å². The van der Waals surface area contributed by atoms with Gasteiger partial charge in [0.2, 0.25) is 0 Å². The number of hydrogen-bond acceptors (Lipinski definition) is 1. The van der Waals surface area contributed by atoms with E-state index in [9.17, 15) is 4.39 Å². The zero-order valence-electron chi connectivity index (χ0n) is 10.6. The Morgan fingerprint density at radius 3 is 2.67 bits per heavy atom. The van der Waals surface area contributed by atoms with Gasteiger partial charge in [0.15, 0.2) is 0 Å². The maximum atomic E-state index is 13.3. The van der Waals surface area contributed by atoms with Gasteiger partial charge < -0.3 is 5.32 Å². The van der Waals surface area contributed by atoms with E-state index in [0.29, 0.717) is 0 Å². The van der Waals surface area contributed by atoms with Crippen molar-refractivity contribution in [3.05, 3.63) is 59.9 Å². The summed E-state index contributed by atoms with van der Waals surface area (Å²) in [7, 11) is 0.